The van der Waals surface area contributed by atoms with Gasteiger partial charge in [-0.05, 0) is 38.0 Å². The molecule has 6 heteroatoms. The second kappa shape index (κ2) is 7.00. The van der Waals surface area contributed by atoms with Crippen LogP contribution in [0.5, 0.6) is 0 Å². The van der Waals surface area contributed by atoms with Crippen molar-refractivity contribution in [3.63, 3.8) is 0 Å². The highest BCUT2D eigenvalue weighted by atomic mass is 16.4. The fourth-order valence-electron chi connectivity index (χ4n) is 3.12. The number of aliphatic hydroxyl groups is 1. The van der Waals surface area contributed by atoms with Crippen molar-refractivity contribution in [3.05, 3.63) is 42.1 Å². The lowest BCUT2D eigenvalue weighted by atomic mass is 10.1. The molecule has 1 amide bonds. The van der Waals surface area contributed by atoms with E-state index in [1.165, 1.54) is 19.1 Å². The zero-order chi connectivity index (χ0) is 16.2. The Kier molecular flexibility index (Phi) is 4.81. The monoisotopic (exact) mass is 317 g/mol. The Bertz CT molecular complexity index is 629. The van der Waals surface area contributed by atoms with E-state index in [1.807, 2.05) is 17.8 Å². The number of aromatic nitrogens is 2. The van der Waals surface area contributed by atoms with Gasteiger partial charge in [-0.25, -0.2) is 0 Å². The Morgan fingerprint density at radius 1 is 1.48 bits per heavy atom. The van der Waals surface area contributed by atoms with Gasteiger partial charge >= 0.3 is 0 Å². The molecular weight excluding hydrogens is 294 g/mol. The summed E-state index contributed by atoms with van der Waals surface area (Å²) in [5, 5.41) is 17.3. The Morgan fingerprint density at radius 2 is 2.26 bits per heavy atom. The van der Waals surface area contributed by atoms with Gasteiger partial charge in [0.15, 0.2) is 0 Å². The topological polar surface area (TPSA) is 80.3 Å². The number of hydrogen-bond acceptors (Lipinski definition) is 4. The number of furan rings is 1. The minimum absolute atomic E-state index is 0.181. The van der Waals surface area contributed by atoms with E-state index in [0.29, 0.717) is 23.9 Å². The van der Waals surface area contributed by atoms with E-state index in [4.69, 9.17) is 4.42 Å². The molecule has 124 valence electrons. The highest BCUT2D eigenvalue weighted by Crippen LogP contribution is 2.28. The van der Waals surface area contributed by atoms with E-state index in [1.54, 1.807) is 18.2 Å². The summed E-state index contributed by atoms with van der Waals surface area (Å²) in [6.07, 6.45) is 7.80. The predicted molar refractivity (Wildman–Crippen MR) is 84.9 cm³/mol. The molecule has 2 atom stereocenters. The first-order valence-electron chi connectivity index (χ1n) is 8.21. The molecule has 0 aromatic carbocycles. The van der Waals surface area contributed by atoms with Crippen molar-refractivity contribution in [2.45, 2.75) is 57.2 Å². The van der Waals surface area contributed by atoms with E-state index < -0.39 is 6.10 Å². The van der Waals surface area contributed by atoms with Crippen LogP contribution in [0.15, 0.2) is 35.1 Å². The molecule has 23 heavy (non-hydrogen) atoms. The molecule has 1 saturated carbocycles. The van der Waals surface area contributed by atoms with Crippen LogP contribution in [0.1, 0.15) is 67.4 Å². The molecule has 6 nitrogen and oxygen atoms in total. The summed E-state index contributed by atoms with van der Waals surface area (Å²) in [6, 6.07) is 5.46. The second-order valence-electron chi connectivity index (χ2n) is 6.26. The standard InChI is InChI=1S/C17H23N3O3/c1-12(11-15(21)16-7-4-10-23-16)18-17(22)14-8-9-20(19-14)13-5-2-3-6-13/h4,7-10,12-13,15,21H,2-3,5-6,11H2,1H3,(H,18,22)/t12-,15+/m0/s1. The smallest absolute Gasteiger partial charge is 0.271 e. The summed E-state index contributed by atoms with van der Waals surface area (Å²) in [5.74, 6) is 0.303. The van der Waals surface area contributed by atoms with Gasteiger partial charge in [0.1, 0.15) is 17.6 Å². The average molecular weight is 317 g/mol. The number of nitrogens with one attached hydrogen (secondary N) is 1. The maximum Gasteiger partial charge on any atom is 0.271 e. The van der Waals surface area contributed by atoms with E-state index in [9.17, 15) is 9.90 Å². The van der Waals surface area contributed by atoms with Crippen LogP contribution in [0.3, 0.4) is 0 Å². The van der Waals surface area contributed by atoms with Crippen molar-refractivity contribution in [1.29, 1.82) is 0 Å². The van der Waals surface area contributed by atoms with Gasteiger partial charge in [0.05, 0.1) is 12.3 Å². The van der Waals surface area contributed by atoms with Crippen molar-refractivity contribution < 1.29 is 14.3 Å². The molecule has 0 bridgehead atoms. The average Bonchev–Trinajstić information content (AvgIpc) is 3.27. The summed E-state index contributed by atoms with van der Waals surface area (Å²) in [4.78, 5) is 12.3. The molecule has 2 aromatic rings. The molecule has 2 aromatic heterocycles. The van der Waals surface area contributed by atoms with Crippen LogP contribution in [-0.4, -0.2) is 26.8 Å². The molecule has 2 heterocycles. The minimum atomic E-state index is -0.726. The van der Waals surface area contributed by atoms with Crippen molar-refractivity contribution in [2.75, 3.05) is 0 Å². The van der Waals surface area contributed by atoms with Crippen LogP contribution in [0.25, 0.3) is 0 Å². The number of amides is 1. The highest BCUT2D eigenvalue weighted by molar-refractivity contribution is 5.92. The highest BCUT2D eigenvalue weighted by Gasteiger charge is 2.21. The molecule has 0 unspecified atom stereocenters. The molecule has 1 aliphatic carbocycles. The largest absolute Gasteiger partial charge is 0.467 e. The number of aliphatic hydroxyl groups excluding tert-OH is 1. The summed E-state index contributed by atoms with van der Waals surface area (Å²) in [5.41, 5.74) is 0.427. The molecule has 0 spiro atoms. The van der Waals surface area contributed by atoms with Gasteiger partial charge in [-0.3, -0.25) is 9.48 Å². The van der Waals surface area contributed by atoms with Crippen molar-refractivity contribution in [1.82, 2.24) is 15.1 Å². The second-order valence-corrected chi connectivity index (χ2v) is 6.26. The van der Waals surface area contributed by atoms with Gasteiger partial charge < -0.3 is 14.8 Å². The first-order chi connectivity index (χ1) is 11.1. The lowest BCUT2D eigenvalue weighted by Crippen LogP contribution is -2.34. The van der Waals surface area contributed by atoms with Crippen LogP contribution in [0.2, 0.25) is 0 Å². The van der Waals surface area contributed by atoms with Crippen LogP contribution < -0.4 is 5.32 Å². The number of hydrogen-bond donors (Lipinski definition) is 2. The lowest BCUT2D eigenvalue weighted by molar-refractivity contribution is 0.0897. The lowest BCUT2D eigenvalue weighted by Gasteiger charge is -2.16. The molecular formula is C17H23N3O3. The normalized spacial score (nSPS) is 18.0. The van der Waals surface area contributed by atoms with Gasteiger partial charge in [0, 0.05) is 18.7 Å². The quantitative estimate of drug-likeness (QED) is 0.858. The fraction of sp³-hybridized carbons (Fsp3) is 0.529. The SMILES string of the molecule is C[C@@H](C[C@@H](O)c1ccco1)NC(=O)c1ccn(C2CCCC2)n1. The molecule has 0 radical (unpaired) electrons. The minimum Gasteiger partial charge on any atom is -0.467 e. The fourth-order valence-corrected chi connectivity index (χ4v) is 3.12. The Hall–Kier alpha value is -2.08. The Labute approximate surface area is 135 Å². The number of carbonyl (C=O) groups is 1. The van der Waals surface area contributed by atoms with E-state index in [-0.39, 0.29) is 11.9 Å². The number of nitrogens with zero attached hydrogens (tertiary/aromatic N) is 2. The maximum atomic E-state index is 12.3. The molecule has 0 saturated heterocycles. The third kappa shape index (κ3) is 3.82. The van der Waals surface area contributed by atoms with E-state index in [2.05, 4.69) is 10.4 Å². The third-order valence-corrected chi connectivity index (χ3v) is 4.37. The van der Waals surface area contributed by atoms with Gasteiger partial charge in [0.25, 0.3) is 5.91 Å². The number of carbonyl (C=O) groups excluding carboxylic acids is 1. The van der Waals surface area contributed by atoms with E-state index in [0.717, 1.165) is 12.8 Å². The first kappa shape index (κ1) is 15.8. The molecule has 0 aliphatic heterocycles. The summed E-state index contributed by atoms with van der Waals surface area (Å²) in [6.45, 7) is 1.86. The van der Waals surface area contributed by atoms with Crippen LogP contribution in [-0.2, 0) is 0 Å². The Morgan fingerprint density at radius 3 is 2.96 bits per heavy atom. The van der Waals surface area contributed by atoms with Crippen molar-refractivity contribution in [2.24, 2.45) is 0 Å². The van der Waals surface area contributed by atoms with Crippen molar-refractivity contribution >= 4 is 5.91 Å². The number of rotatable bonds is 6. The molecule has 2 N–H and O–H groups in total. The van der Waals surface area contributed by atoms with Gasteiger partial charge in [-0.1, -0.05) is 12.8 Å². The predicted octanol–water partition coefficient (Wildman–Crippen LogP) is 2.83. The molecule has 1 aliphatic rings. The van der Waals surface area contributed by atoms with Gasteiger partial charge in [0.2, 0.25) is 0 Å². The maximum absolute atomic E-state index is 12.3. The zero-order valence-electron chi connectivity index (χ0n) is 13.3. The first-order valence-corrected chi connectivity index (χ1v) is 8.21. The van der Waals surface area contributed by atoms with Crippen LogP contribution in [0, 0.1) is 0 Å². The zero-order valence-corrected chi connectivity index (χ0v) is 13.3. The summed E-state index contributed by atoms with van der Waals surface area (Å²) >= 11 is 0. The summed E-state index contributed by atoms with van der Waals surface area (Å²) in [7, 11) is 0. The third-order valence-electron chi connectivity index (χ3n) is 4.37. The Balaban J connectivity index is 1.54. The van der Waals surface area contributed by atoms with Crippen LogP contribution in [0.4, 0.5) is 0 Å². The van der Waals surface area contributed by atoms with Gasteiger partial charge in [-0.2, -0.15) is 5.10 Å². The molecule has 3 rings (SSSR count). The van der Waals surface area contributed by atoms with Gasteiger partial charge in [-0.15, -0.1) is 0 Å². The van der Waals surface area contributed by atoms with E-state index >= 15 is 0 Å². The van der Waals surface area contributed by atoms with Crippen LogP contribution >= 0.6 is 0 Å². The van der Waals surface area contributed by atoms with Crippen molar-refractivity contribution in [3.8, 4) is 0 Å². The summed E-state index contributed by atoms with van der Waals surface area (Å²) < 4.78 is 7.07. The molecule has 1 fully saturated rings.